The number of carboxylic acids is 1. The summed E-state index contributed by atoms with van der Waals surface area (Å²) in [5.41, 5.74) is 11.1. The molecule has 0 aliphatic carbocycles. The number of aliphatic carboxylic acids is 1. The quantitative estimate of drug-likeness (QED) is 0.143. The van der Waals surface area contributed by atoms with Crippen LogP contribution in [0.15, 0.2) is 0 Å². The summed E-state index contributed by atoms with van der Waals surface area (Å²) in [5, 5.41) is 20.6. The molecule has 1 aliphatic heterocycles. The maximum Gasteiger partial charge on any atom is 0.326 e. The number of amides is 3. The second-order valence-corrected chi connectivity index (χ2v) is 8.91. The van der Waals surface area contributed by atoms with Crippen molar-refractivity contribution in [1.29, 1.82) is 0 Å². The highest BCUT2D eigenvalue weighted by Crippen LogP contribution is 2.10. The highest BCUT2D eigenvalue weighted by molar-refractivity contribution is 5.94. The number of carbonyl (C=O) groups excluding carboxylic acids is 3. The highest BCUT2D eigenvalue weighted by atomic mass is 16.4. The van der Waals surface area contributed by atoms with Gasteiger partial charge in [0.05, 0.1) is 6.04 Å². The summed E-state index contributed by atoms with van der Waals surface area (Å²) in [5.74, 6) is -2.74. The molecule has 0 bridgehead atoms. The topological polar surface area (TPSA) is 189 Å². The molecule has 0 saturated carbocycles. The third kappa shape index (κ3) is 10.5. The van der Waals surface area contributed by atoms with Gasteiger partial charge in [0.25, 0.3) is 0 Å². The van der Waals surface area contributed by atoms with Gasteiger partial charge >= 0.3 is 5.97 Å². The van der Waals surface area contributed by atoms with Crippen LogP contribution < -0.4 is 32.7 Å². The van der Waals surface area contributed by atoms with E-state index in [1.165, 1.54) is 0 Å². The Morgan fingerprint density at radius 1 is 0.909 bits per heavy atom. The zero-order chi connectivity index (χ0) is 24.8. The number of hydrogen-bond donors (Lipinski definition) is 7. The number of hydrogen-bond acceptors (Lipinski definition) is 7. The zero-order valence-electron chi connectivity index (χ0n) is 19.9. The maximum absolute atomic E-state index is 13.1. The largest absolute Gasteiger partial charge is 0.480 e. The average Bonchev–Trinajstić information content (AvgIpc) is 3.30. The van der Waals surface area contributed by atoms with E-state index in [-0.39, 0.29) is 17.9 Å². The Kier molecular flexibility index (Phi) is 13.6. The molecule has 4 unspecified atom stereocenters. The predicted molar refractivity (Wildman–Crippen MR) is 125 cm³/mol. The molecule has 190 valence electrons. The van der Waals surface area contributed by atoms with Crippen molar-refractivity contribution in [3.05, 3.63) is 0 Å². The van der Waals surface area contributed by atoms with Gasteiger partial charge in [0.1, 0.15) is 18.1 Å². The van der Waals surface area contributed by atoms with Crippen LogP contribution in [0.5, 0.6) is 0 Å². The van der Waals surface area contributed by atoms with E-state index in [2.05, 4.69) is 21.3 Å². The lowest BCUT2D eigenvalue weighted by atomic mass is 10.0. The first-order chi connectivity index (χ1) is 15.7. The number of nitrogens with one attached hydrogen (secondary N) is 4. The molecule has 0 aromatic carbocycles. The van der Waals surface area contributed by atoms with Crippen LogP contribution in [0.1, 0.15) is 65.2 Å². The van der Waals surface area contributed by atoms with Crippen LogP contribution in [0.2, 0.25) is 0 Å². The number of carbonyl (C=O) groups is 4. The maximum atomic E-state index is 13.1. The van der Waals surface area contributed by atoms with Gasteiger partial charge in [-0.1, -0.05) is 13.8 Å². The lowest BCUT2D eigenvalue weighted by Crippen LogP contribution is -2.57. The fourth-order valence-electron chi connectivity index (χ4n) is 3.74. The third-order valence-electron chi connectivity index (χ3n) is 5.77. The summed E-state index contributed by atoms with van der Waals surface area (Å²) >= 11 is 0. The summed E-state index contributed by atoms with van der Waals surface area (Å²) in [4.78, 5) is 50.0. The Morgan fingerprint density at radius 2 is 1.45 bits per heavy atom. The number of nitrogens with two attached hydrogens (primary N) is 2. The monoisotopic (exact) mass is 470 g/mol. The predicted octanol–water partition coefficient (Wildman–Crippen LogP) is -0.809. The minimum absolute atomic E-state index is 0.240. The normalized spacial score (nSPS) is 18.4. The smallest absolute Gasteiger partial charge is 0.326 e. The lowest BCUT2D eigenvalue weighted by molar-refractivity contribution is -0.143. The van der Waals surface area contributed by atoms with Crippen molar-refractivity contribution >= 4 is 23.7 Å². The van der Waals surface area contributed by atoms with Gasteiger partial charge in [-0.15, -0.1) is 0 Å². The van der Waals surface area contributed by atoms with Crippen molar-refractivity contribution in [2.45, 2.75) is 89.4 Å². The molecule has 11 heteroatoms. The Balaban J connectivity index is 2.90. The molecule has 4 atom stereocenters. The highest BCUT2D eigenvalue weighted by Gasteiger charge is 2.31. The third-order valence-corrected chi connectivity index (χ3v) is 5.77. The van der Waals surface area contributed by atoms with Crippen molar-refractivity contribution in [2.75, 3.05) is 19.6 Å². The first kappa shape index (κ1) is 28.8. The molecule has 1 saturated heterocycles. The average molecular weight is 471 g/mol. The van der Waals surface area contributed by atoms with Gasteiger partial charge in [-0.3, -0.25) is 14.4 Å². The zero-order valence-corrected chi connectivity index (χ0v) is 19.9. The van der Waals surface area contributed by atoms with Crippen LogP contribution in [0.4, 0.5) is 0 Å². The number of carboxylic acid groups (broad SMARTS) is 1. The van der Waals surface area contributed by atoms with E-state index in [1.807, 2.05) is 0 Å². The lowest BCUT2D eigenvalue weighted by Gasteiger charge is -2.26. The Labute approximate surface area is 196 Å². The SMILES string of the molecule is CC(C)C(NC(=O)C(CCCCN)NC(=O)C(CCCCN)NC(=O)C1CCCN1)C(=O)O. The fourth-order valence-corrected chi connectivity index (χ4v) is 3.74. The summed E-state index contributed by atoms with van der Waals surface area (Å²) < 4.78 is 0. The van der Waals surface area contributed by atoms with E-state index < -0.39 is 35.9 Å². The second kappa shape index (κ2) is 15.6. The van der Waals surface area contributed by atoms with Gasteiger partial charge in [-0.2, -0.15) is 0 Å². The van der Waals surface area contributed by atoms with Crippen molar-refractivity contribution in [2.24, 2.45) is 17.4 Å². The molecule has 11 nitrogen and oxygen atoms in total. The van der Waals surface area contributed by atoms with E-state index in [0.29, 0.717) is 58.0 Å². The molecule has 0 aromatic rings. The molecule has 0 spiro atoms. The van der Waals surface area contributed by atoms with Crippen LogP contribution >= 0.6 is 0 Å². The molecule has 1 rings (SSSR count). The van der Waals surface area contributed by atoms with Crippen molar-refractivity contribution in [3.63, 3.8) is 0 Å². The van der Waals surface area contributed by atoms with Gasteiger partial charge in [-0.05, 0) is 76.9 Å². The van der Waals surface area contributed by atoms with Crippen molar-refractivity contribution < 1.29 is 24.3 Å². The standard InChI is InChI=1S/C22H42N6O5/c1-14(2)18(22(32)33)28-21(31)17(9-4-6-12-24)27-20(30)16(8-3-5-11-23)26-19(29)15-10-7-13-25-15/h14-18,25H,3-13,23-24H2,1-2H3,(H,26,29)(H,27,30)(H,28,31)(H,32,33). The molecular formula is C22H42N6O5. The van der Waals surface area contributed by atoms with Crippen LogP contribution in [0.3, 0.4) is 0 Å². The summed E-state index contributed by atoms with van der Waals surface area (Å²) in [6.45, 7) is 5.06. The molecule has 3 amide bonds. The van der Waals surface area contributed by atoms with Crippen LogP contribution in [-0.2, 0) is 19.2 Å². The van der Waals surface area contributed by atoms with Crippen LogP contribution in [-0.4, -0.2) is 72.6 Å². The summed E-state index contributed by atoms with van der Waals surface area (Å²) in [6.07, 6.45) is 4.91. The van der Waals surface area contributed by atoms with Crippen molar-refractivity contribution in [1.82, 2.24) is 21.3 Å². The summed E-state index contributed by atoms with van der Waals surface area (Å²) in [6, 6.07) is -3.14. The second-order valence-electron chi connectivity index (χ2n) is 8.91. The van der Waals surface area contributed by atoms with E-state index >= 15 is 0 Å². The number of unbranched alkanes of at least 4 members (excludes halogenated alkanes) is 2. The van der Waals surface area contributed by atoms with E-state index in [1.54, 1.807) is 13.8 Å². The van der Waals surface area contributed by atoms with Gasteiger partial charge < -0.3 is 37.8 Å². The van der Waals surface area contributed by atoms with E-state index in [9.17, 15) is 24.3 Å². The molecule has 1 aliphatic rings. The Bertz CT molecular complexity index is 639. The molecule has 1 fully saturated rings. The molecule has 0 radical (unpaired) electrons. The van der Waals surface area contributed by atoms with Crippen LogP contribution in [0, 0.1) is 5.92 Å². The van der Waals surface area contributed by atoms with Crippen LogP contribution in [0.25, 0.3) is 0 Å². The Hall–Kier alpha value is -2.24. The van der Waals surface area contributed by atoms with Gasteiger partial charge in [0.2, 0.25) is 17.7 Å². The minimum Gasteiger partial charge on any atom is -0.480 e. The number of rotatable bonds is 16. The van der Waals surface area contributed by atoms with Crippen molar-refractivity contribution in [3.8, 4) is 0 Å². The van der Waals surface area contributed by atoms with E-state index in [4.69, 9.17) is 11.5 Å². The summed E-state index contributed by atoms with van der Waals surface area (Å²) in [7, 11) is 0. The van der Waals surface area contributed by atoms with Gasteiger partial charge in [0, 0.05) is 0 Å². The first-order valence-corrected chi connectivity index (χ1v) is 12.0. The fraction of sp³-hybridized carbons (Fsp3) is 0.818. The van der Waals surface area contributed by atoms with Gasteiger partial charge in [0.15, 0.2) is 0 Å². The first-order valence-electron chi connectivity index (χ1n) is 12.0. The van der Waals surface area contributed by atoms with E-state index in [0.717, 1.165) is 13.0 Å². The molecular weight excluding hydrogens is 428 g/mol. The van der Waals surface area contributed by atoms with Gasteiger partial charge in [-0.25, -0.2) is 4.79 Å². The molecule has 9 N–H and O–H groups in total. The molecule has 33 heavy (non-hydrogen) atoms. The molecule has 0 aromatic heterocycles. The molecule has 1 heterocycles. The Morgan fingerprint density at radius 3 is 1.91 bits per heavy atom. The minimum atomic E-state index is -1.14.